The van der Waals surface area contributed by atoms with E-state index in [-0.39, 0.29) is 0 Å². The van der Waals surface area contributed by atoms with Crippen LogP contribution < -0.4 is 5.73 Å². The molecular weight excluding hydrogens is 122 g/mol. The second-order valence-corrected chi connectivity index (χ2v) is 2.96. The monoisotopic (exact) mass is 133 g/mol. The minimum atomic E-state index is 0.349. The first-order chi connectivity index (χ1) is 3.83. The van der Waals surface area contributed by atoms with Crippen LogP contribution in [0.5, 0.6) is 0 Å². The lowest BCUT2D eigenvalue weighted by atomic mass is 9.70. The fourth-order valence-electron chi connectivity index (χ4n) is 1.07. The van der Waals surface area contributed by atoms with Gasteiger partial charge in [0.05, 0.1) is 0 Å². The summed E-state index contributed by atoms with van der Waals surface area (Å²) < 4.78 is 0. The van der Waals surface area contributed by atoms with E-state index >= 15 is 0 Å². The van der Waals surface area contributed by atoms with Crippen LogP contribution in [-0.2, 0) is 0 Å². The molecule has 0 radical (unpaired) electrons. The standard InChI is InChI=1S/C6H12ClN/c7-4-6(5-8)2-1-3-6/h1-5,8H2. The molecule has 0 heterocycles. The van der Waals surface area contributed by atoms with Gasteiger partial charge < -0.3 is 5.73 Å². The van der Waals surface area contributed by atoms with Crippen LogP contribution in [0.3, 0.4) is 0 Å². The van der Waals surface area contributed by atoms with E-state index in [0.717, 1.165) is 12.4 Å². The zero-order chi connectivity index (χ0) is 6.04. The van der Waals surface area contributed by atoms with Gasteiger partial charge in [-0.05, 0) is 24.8 Å². The highest BCUT2D eigenvalue weighted by Gasteiger charge is 2.34. The highest BCUT2D eigenvalue weighted by Crippen LogP contribution is 2.40. The molecule has 48 valence electrons. The largest absolute Gasteiger partial charge is 0.330 e. The number of nitrogens with two attached hydrogens (primary N) is 1. The Labute approximate surface area is 55.2 Å². The van der Waals surface area contributed by atoms with Crippen molar-refractivity contribution in [2.24, 2.45) is 11.1 Å². The first-order valence-electron chi connectivity index (χ1n) is 3.09. The quantitative estimate of drug-likeness (QED) is 0.566. The average Bonchev–Trinajstić information content (AvgIpc) is 1.67. The fraction of sp³-hybridized carbons (Fsp3) is 1.00. The number of alkyl halides is 1. The highest BCUT2D eigenvalue weighted by atomic mass is 35.5. The minimum absolute atomic E-state index is 0.349. The molecule has 2 heteroatoms. The third-order valence-corrected chi connectivity index (χ3v) is 2.70. The van der Waals surface area contributed by atoms with Crippen molar-refractivity contribution in [1.29, 1.82) is 0 Å². The van der Waals surface area contributed by atoms with Gasteiger partial charge >= 0.3 is 0 Å². The lowest BCUT2D eigenvalue weighted by Crippen LogP contribution is -2.38. The lowest BCUT2D eigenvalue weighted by molar-refractivity contribution is 0.178. The zero-order valence-corrected chi connectivity index (χ0v) is 5.75. The van der Waals surface area contributed by atoms with Crippen LogP contribution >= 0.6 is 11.6 Å². The van der Waals surface area contributed by atoms with Crippen LogP contribution in [0.4, 0.5) is 0 Å². The molecule has 0 aromatic rings. The molecular formula is C6H12ClN. The van der Waals surface area contributed by atoms with E-state index in [2.05, 4.69) is 0 Å². The molecule has 0 aromatic heterocycles. The first-order valence-corrected chi connectivity index (χ1v) is 3.62. The van der Waals surface area contributed by atoms with E-state index in [0.29, 0.717) is 5.41 Å². The average molecular weight is 134 g/mol. The molecule has 1 aliphatic carbocycles. The Morgan fingerprint density at radius 1 is 1.50 bits per heavy atom. The number of rotatable bonds is 2. The molecule has 0 aromatic carbocycles. The van der Waals surface area contributed by atoms with Gasteiger partial charge in [0, 0.05) is 5.88 Å². The van der Waals surface area contributed by atoms with Crippen LogP contribution in [0.2, 0.25) is 0 Å². The van der Waals surface area contributed by atoms with Gasteiger partial charge in [0.15, 0.2) is 0 Å². The molecule has 0 spiro atoms. The summed E-state index contributed by atoms with van der Waals surface area (Å²) in [6, 6.07) is 0. The minimum Gasteiger partial charge on any atom is -0.330 e. The van der Waals surface area contributed by atoms with Gasteiger partial charge in [-0.1, -0.05) is 6.42 Å². The van der Waals surface area contributed by atoms with Crippen LogP contribution in [0.1, 0.15) is 19.3 Å². The van der Waals surface area contributed by atoms with Crippen molar-refractivity contribution in [3.63, 3.8) is 0 Å². The maximum atomic E-state index is 5.68. The van der Waals surface area contributed by atoms with Gasteiger partial charge in [0.2, 0.25) is 0 Å². The van der Waals surface area contributed by atoms with Gasteiger partial charge in [0.25, 0.3) is 0 Å². The van der Waals surface area contributed by atoms with Crippen LogP contribution in [-0.4, -0.2) is 12.4 Å². The van der Waals surface area contributed by atoms with Gasteiger partial charge in [-0.2, -0.15) is 0 Å². The van der Waals surface area contributed by atoms with Crippen molar-refractivity contribution < 1.29 is 0 Å². The van der Waals surface area contributed by atoms with Crippen LogP contribution in [0.15, 0.2) is 0 Å². The van der Waals surface area contributed by atoms with Crippen LogP contribution in [0.25, 0.3) is 0 Å². The third kappa shape index (κ3) is 0.848. The lowest BCUT2D eigenvalue weighted by Gasteiger charge is -2.38. The van der Waals surface area contributed by atoms with Crippen molar-refractivity contribution in [3.05, 3.63) is 0 Å². The summed E-state index contributed by atoms with van der Waals surface area (Å²) in [5.74, 6) is 0.753. The molecule has 0 unspecified atom stereocenters. The summed E-state index contributed by atoms with van der Waals surface area (Å²) in [7, 11) is 0. The summed E-state index contributed by atoms with van der Waals surface area (Å²) in [4.78, 5) is 0. The van der Waals surface area contributed by atoms with Crippen molar-refractivity contribution in [1.82, 2.24) is 0 Å². The predicted molar refractivity (Wildman–Crippen MR) is 36.1 cm³/mol. The molecule has 1 aliphatic rings. The van der Waals surface area contributed by atoms with Gasteiger partial charge in [-0.3, -0.25) is 0 Å². The molecule has 0 bridgehead atoms. The van der Waals surface area contributed by atoms with Crippen LogP contribution in [0, 0.1) is 5.41 Å². The van der Waals surface area contributed by atoms with Gasteiger partial charge in [-0.15, -0.1) is 11.6 Å². The molecule has 0 amide bonds. The van der Waals surface area contributed by atoms with Crippen molar-refractivity contribution in [2.75, 3.05) is 12.4 Å². The summed E-state index contributed by atoms with van der Waals surface area (Å²) in [5, 5.41) is 0. The molecule has 0 atom stereocenters. The van der Waals surface area contributed by atoms with E-state index < -0.39 is 0 Å². The molecule has 1 saturated carbocycles. The van der Waals surface area contributed by atoms with Crippen molar-refractivity contribution >= 4 is 11.6 Å². The maximum Gasteiger partial charge on any atom is 0.0292 e. The zero-order valence-electron chi connectivity index (χ0n) is 4.99. The molecule has 1 fully saturated rings. The van der Waals surface area contributed by atoms with Crippen molar-refractivity contribution in [2.45, 2.75) is 19.3 Å². The molecule has 1 rings (SSSR count). The summed E-state index contributed by atoms with van der Waals surface area (Å²) >= 11 is 5.68. The van der Waals surface area contributed by atoms with E-state index in [1.54, 1.807) is 0 Å². The molecule has 0 aliphatic heterocycles. The Kier molecular flexibility index (Phi) is 1.78. The van der Waals surface area contributed by atoms with E-state index in [1.807, 2.05) is 0 Å². The van der Waals surface area contributed by atoms with Crippen molar-refractivity contribution in [3.8, 4) is 0 Å². The summed E-state index contributed by atoms with van der Waals surface area (Å²) in [6.07, 6.45) is 3.81. The number of hydrogen-bond donors (Lipinski definition) is 1. The normalized spacial score (nSPS) is 24.8. The number of hydrogen-bond acceptors (Lipinski definition) is 1. The maximum absolute atomic E-state index is 5.68. The Balaban J connectivity index is 2.33. The predicted octanol–water partition coefficient (Wildman–Crippen LogP) is 1.35. The third-order valence-electron chi connectivity index (χ3n) is 2.13. The van der Waals surface area contributed by atoms with E-state index in [1.165, 1.54) is 19.3 Å². The second-order valence-electron chi connectivity index (χ2n) is 2.69. The van der Waals surface area contributed by atoms with E-state index in [4.69, 9.17) is 17.3 Å². The number of halogens is 1. The second kappa shape index (κ2) is 2.24. The Hall–Kier alpha value is 0.250. The van der Waals surface area contributed by atoms with E-state index in [9.17, 15) is 0 Å². The molecule has 8 heavy (non-hydrogen) atoms. The Bertz CT molecular complexity index is 65.1. The smallest absolute Gasteiger partial charge is 0.0292 e. The first kappa shape index (κ1) is 6.37. The van der Waals surface area contributed by atoms with Gasteiger partial charge in [-0.25, -0.2) is 0 Å². The Morgan fingerprint density at radius 3 is 2.12 bits per heavy atom. The SMILES string of the molecule is NCC1(CCl)CCC1. The fourth-order valence-corrected chi connectivity index (χ4v) is 1.45. The summed E-state index contributed by atoms with van der Waals surface area (Å²) in [6.45, 7) is 0.774. The van der Waals surface area contributed by atoms with Gasteiger partial charge in [0.1, 0.15) is 0 Å². The highest BCUT2D eigenvalue weighted by molar-refractivity contribution is 6.18. The molecule has 2 N–H and O–H groups in total. The summed E-state index contributed by atoms with van der Waals surface area (Å²) in [5.41, 5.74) is 5.84. The molecule has 0 saturated heterocycles. The topological polar surface area (TPSA) is 26.0 Å². The molecule has 1 nitrogen and oxygen atoms in total. The Morgan fingerprint density at radius 2 is 2.12 bits per heavy atom.